The third kappa shape index (κ3) is 6.84. The van der Waals surface area contributed by atoms with Crippen LogP contribution < -0.4 is 10.3 Å². The van der Waals surface area contributed by atoms with Gasteiger partial charge in [0.1, 0.15) is 11.3 Å². The Morgan fingerprint density at radius 1 is 1.18 bits per heavy atom. The summed E-state index contributed by atoms with van der Waals surface area (Å²) in [7, 11) is -3.80. The van der Waals surface area contributed by atoms with Crippen molar-refractivity contribution in [3.8, 4) is 0 Å². The molecule has 0 aliphatic heterocycles. The number of pyridine rings is 1. The average Bonchev–Trinajstić information content (AvgIpc) is 2.54. The highest BCUT2D eigenvalue weighted by molar-refractivity contribution is 7.91. The fourth-order valence-corrected chi connectivity index (χ4v) is 3.92. The van der Waals surface area contributed by atoms with Crippen molar-refractivity contribution < 1.29 is 17.9 Å². The molecule has 0 radical (unpaired) electrons. The Kier molecular flexibility index (Phi) is 6.66. The van der Waals surface area contributed by atoms with Crippen LogP contribution in [0, 0.1) is 6.92 Å². The number of ether oxygens (including phenoxy) is 1. The summed E-state index contributed by atoms with van der Waals surface area (Å²) in [6.45, 7) is 7.00. The van der Waals surface area contributed by atoms with Crippen molar-refractivity contribution in [1.82, 2.24) is 4.98 Å². The molecule has 0 saturated heterocycles. The topological polar surface area (TPSA) is 105 Å². The van der Waals surface area contributed by atoms with Crippen LogP contribution in [0.4, 0.5) is 5.69 Å². The van der Waals surface area contributed by atoms with Crippen molar-refractivity contribution in [2.75, 3.05) is 4.72 Å². The lowest BCUT2D eigenvalue weighted by Gasteiger charge is -2.19. The Morgan fingerprint density at radius 2 is 1.82 bits per heavy atom. The summed E-state index contributed by atoms with van der Waals surface area (Å²) in [6.07, 6.45) is 0.219. The molecule has 0 fully saturated rings. The standard InChI is InChI=1S/C20H26N2O5S/c1-14-12-16(10-11-17(23)27-20(2,3)4)18(19(24)21-14)22-28(25,26)13-15-8-6-5-7-9-15/h5-9,12,22H,10-11,13H2,1-4H3,(H,21,24). The number of aromatic nitrogens is 1. The van der Waals surface area contributed by atoms with Crippen LogP contribution in [0.3, 0.4) is 0 Å². The van der Waals surface area contributed by atoms with E-state index in [1.165, 1.54) is 0 Å². The quantitative estimate of drug-likeness (QED) is 0.688. The van der Waals surface area contributed by atoms with Gasteiger partial charge in [-0.3, -0.25) is 14.3 Å². The molecule has 8 heteroatoms. The number of anilines is 1. The van der Waals surface area contributed by atoms with E-state index in [9.17, 15) is 18.0 Å². The van der Waals surface area contributed by atoms with Gasteiger partial charge < -0.3 is 9.72 Å². The van der Waals surface area contributed by atoms with Crippen molar-refractivity contribution in [2.24, 2.45) is 0 Å². The number of rotatable bonds is 7. The maximum absolute atomic E-state index is 12.5. The van der Waals surface area contributed by atoms with Gasteiger partial charge in [-0.1, -0.05) is 30.3 Å². The van der Waals surface area contributed by atoms with Crippen molar-refractivity contribution in [3.05, 3.63) is 63.6 Å². The molecule has 0 aliphatic carbocycles. The number of carbonyl (C=O) groups is 1. The zero-order chi connectivity index (χ0) is 20.9. The Morgan fingerprint density at radius 3 is 2.43 bits per heavy atom. The number of carbonyl (C=O) groups excluding carboxylic acids is 1. The number of nitrogens with one attached hydrogen (secondary N) is 2. The molecule has 2 N–H and O–H groups in total. The van der Waals surface area contributed by atoms with Crippen LogP contribution in [-0.2, 0) is 31.7 Å². The van der Waals surface area contributed by atoms with Crippen LogP contribution in [0.2, 0.25) is 0 Å². The molecule has 2 aromatic rings. The molecular weight excluding hydrogens is 380 g/mol. The maximum atomic E-state index is 12.5. The minimum absolute atomic E-state index is 0.0353. The number of hydrogen-bond donors (Lipinski definition) is 2. The summed E-state index contributed by atoms with van der Waals surface area (Å²) in [6, 6.07) is 10.3. The molecule has 0 spiro atoms. The Balaban J connectivity index is 2.22. The van der Waals surface area contributed by atoms with Crippen LogP contribution in [0.25, 0.3) is 0 Å². The van der Waals surface area contributed by atoms with E-state index in [4.69, 9.17) is 4.74 Å². The number of aryl methyl sites for hydroxylation is 2. The molecule has 152 valence electrons. The van der Waals surface area contributed by atoms with Crippen LogP contribution in [0.15, 0.2) is 41.2 Å². The molecule has 0 atom stereocenters. The van der Waals surface area contributed by atoms with Gasteiger partial charge in [-0.2, -0.15) is 0 Å². The monoisotopic (exact) mass is 406 g/mol. The molecule has 1 heterocycles. The number of esters is 1. The fraction of sp³-hybridized carbons (Fsp3) is 0.400. The van der Waals surface area contributed by atoms with Gasteiger partial charge in [-0.15, -0.1) is 0 Å². The van der Waals surface area contributed by atoms with Gasteiger partial charge in [0, 0.05) is 12.1 Å². The molecule has 0 aliphatic rings. The van der Waals surface area contributed by atoms with Gasteiger partial charge >= 0.3 is 5.97 Å². The Hall–Kier alpha value is -2.61. The lowest BCUT2D eigenvalue weighted by molar-refractivity contribution is -0.154. The molecule has 28 heavy (non-hydrogen) atoms. The molecule has 0 amide bonds. The first-order valence-electron chi connectivity index (χ1n) is 8.94. The molecule has 0 unspecified atom stereocenters. The number of sulfonamides is 1. The predicted octanol–water partition coefficient (Wildman–Crippen LogP) is 2.90. The van der Waals surface area contributed by atoms with E-state index in [-0.39, 0.29) is 24.3 Å². The summed E-state index contributed by atoms with van der Waals surface area (Å²) in [5.74, 6) is -0.671. The maximum Gasteiger partial charge on any atom is 0.306 e. The highest BCUT2D eigenvalue weighted by Gasteiger charge is 2.20. The zero-order valence-corrected chi connectivity index (χ0v) is 17.4. The minimum atomic E-state index is -3.80. The number of benzene rings is 1. The van der Waals surface area contributed by atoms with Crippen molar-refractivity contribution in [2.45, 2.75) is 51.9 Å². The van der Waals surface area contributed by atoms with Crippen molar-refractivity contribution >= 4 is 21.7 Å². The SMILES string of the molecule is Cc1cc(CCC(=O)OC(C)(C)C)c(NS(=O)(=O)Cc2ccccc2)c(=O)[nH]1. The van der Waals surface area contributed by atoms with Crippen molar-refractivity contribution in [1.29, 1.82) is 0 Å². The fourth-order valence-electron chi connectivity index (χ4n) is 2.68. The lowest BCUT2D eigenvalue weighted by atomic mass is 10.1. The smallest absolute Gasteiger partial charge is 0.306 e. The summed E-state index contributed by atoms with van der Waals surface area (Å²) in [4.78, 5) is 27.0. The van der Waals surface area contributed by atoms with Crippen LogP contribution >= 0.6 is 0 Å². The van der Waals surface area contributed by atoms with Gasteiger partial charge in [0.15, 0.2) is 0 Å². The van der Waals surface area contributed by atoms with Crippen LogP contribution in [0.1, 0.15) is 44.0 Å². The summed E-state index contributed by atoms with van der Waals surface area (Å²) < 4.78 is 32.7. The lowest BCUT2D eigenvalue weighted by Crippen LogP contribution is -2.25. The zero-order valence-electron chi connectivity index (χ0n) is 16.5. The number of hydrogen-bond acceptors (Lipinski definition) is 5. The predicted molar refractivity (Wildman–Crippen MR) is 109 cm³/mol. The number of aromatic amines is 1. The normalized spacial score (nSPS) is 11.9. The first-order valence-corrected chi connectivity index (χ1v) is 10.6. The first-order chi connectivity index (χ1) is 13.0. The van der Waals surface area contributed by atoms with E-state index >= 15 is 0 Å². The molecule has 0 bridgehead atoms. The third-order valence-electron chi connectivity index (χ3n) is 3.73. The summed E-state index contributed by atoms with van der Waals surface area (Å²) >= 11 is 0. The van der Waals surface area contributed by atoms with Gasteiger partial charge in [0.05, 0.1) is 5.75 Å². The first kappa shape index (κ1) is 21.7. The van der Waals surface area contributed by atoms with Gasteiger partial charge in [-0.25, -0.2) is 8.42 Å². The minimum Gasteiger partial charge on any atom is -0.460 e. The van der Waals surface area contributed by atoms with E-state index in [0.717, 1.165) is 0 Å². The second kappa shape index (κ2) is 8.60. The van der Waals surface area contributed by atoms with Crippen molar-refractivity contribution in [3.63, 3.8) is 0 Å². The average molecular weight is 407 g/mol. The summed E-state index contributed by atoms with van der Waals surface area (Å²) in [5, 5.41) is 0. The molecule has 1 aromatic heterocycles. The largest absolute Gasteiger partial charge is 0.460 e. The highest BCUT2D eigenvalue weighted by atomic mass is 32.2. The molecular formula is C20H26N2O5S. The highest BCUT2D eigenvalue weighted by Crippen LogP contribution is 2.18. The Bertz CT molecular complexity index is 989. The Labute approximate surface area is 165 Å². The van der Waals surface area contributed by atoms with E-state index in [1.807, 2.05) is 0 Å². The van der Waals surface area contributed by atoms with Gasteiger partial charge in [0.25, 0.3) is 5.56 Å². The molecule has 2 rings (SSSR count). The van der Waals surface area contributed by atoms with E-state index in [0.29, 0.717) is 16.8 Å². The van der Waals surface area contributed by atoms with E-state index in [2.05, 4.69) is 9.71 Å². The van der Waals surface area contributed by atoms with E-state index in [1.54, 1.807) is 64.1 Å². The molecule has 0 saturated carbocycles. The van der Waals surface area contributed by atoms with Crippen LogP contribution in [-0.4, -0.2) is 25.0 Å². The molecule has 7 nitrogen and oxygen atoms in total. The second-order valence-electron chi connectivity index (χ2n) is 7.61. The summed E-state index contributed by atoms with van der Waals surface area (Å²) in [5.41, 5.74) is 0.412. The number of H-pyrrole nitrogens is 1. The second-order valence-corrected chi connectivity index (χ2v) is 9.34. The third-order valence-corrected chi connectivity index (χ3v) is 4.95. The van der Waals surface area contributed by atoms with E-state index < -0.39 is 27.2 Å². The van der Waals surface area contributed by atoms with Crippen LogP contribution in [0.5, 0.6) is 0 Å². The molecule has 1 aromatic carbocycles. The van der Waals surface area contributed by atoms with Gasteiger partial charge in [0.2, 0.25) is 10.0 Å². The van der Waals surface area contributed by atoms with Gasteiger partial charge in [-0.05, 0) is 51.3 Å².